The number of rotatable bonds is 5. The molecule has 3 nitrogen and oxygen atoms in total. The molecule has 2 aromatic rings. The molecule has 146 valence electrons. The van der Waals surface area contributed by atoms with Crippen molar-refractivity contribution in [2.24, 2.45) is 5.92 Å². The summed E-state index contributed by atoms with van der Waals surface area (Å²) in [5.74, 6) is -1.56. The minimum atomic E-state index is -0.908. The molecule has 3 atom stereocenters. The quantitative estimate of drug-likeness (QED) is 0.718. The molecule has 2 aromatic carbocycles. The number of thioether (sulfide) groups is 1. The van der Waals surface area contributed by atoms with Gasteiger partial charge in [0.05, 0.1) is 0 Å². The zero-order chi connectivity index (χ0) is 18.5. The standard InChI is InChI=1S/C20H22F2N2OS.ClH/c1-13-12-23-10-9-18(13)24-20(25)19(14-5-3-2-4-6-14)26-15-7-8-16(21)17(22)11-15;/h2-8,11,13,18-19,23H,9-10,12H2,1H3,(H,24,25);1H. The Morgan fingerprint density at radius 1 is 1.19 bits per heavy atom. The number of benzene rings is 2. The highest BCUT2D eigenvalue weighted by Crippen LogP contribution is 2.36. The average Bonchev–Trinajstić information content (AvgIpc) is 2.65. The van der Waals surface area contributed by atoms with Crippen molar-refractivity contribution in [3.63, 3.8) is 0 Å². The first-order valence-electron chi connectivity index (χ1n) is 8.72. The topological polar surface area (TPSA) is 41.1 Å². The van der Waals surface area contributed by atoms with Gasteiger partial charge >= 0.3 is 0 Å². The highest BCUT2D eigenvalue weighted by Gasteiger charge is 2.28. The smallest absolute Gasteiger partial charge is 0.238 e. The molecule has 0 aromatic heterocycles. The summed E-state index contributed by atoms with van der Waals surface area (Å²) < 4.78 is 26.8. The SMILES string of the molecule is CC1CNCCC1NC(=O)C(Sc1ccc(F)c(F)c1)c1ccccc1.Cl. The Labute approximate surface area is 168 Å². The molecule has 1 heterocycles. The Balaban J connectivity index is 0.00000261. The minimum absolute atomic E-state index is 0. The van der Waals surface area contributed by atoms with Crippen molar-refractivity contribution < 1.29 is 13.6 Å². The van der Waals surface area contributed by atoms with Gasteiger partial charge in [-0.1, -0.05) is 37.3 Å². The summed E-state index contributed by atoms with van der Waals surface area (Å²) in [5.41, 5.74) is 0.835. The molecule has 1 saturated heterocycles. The van der Waals surface area contributed by atoms with E-state index in [0.29, 0.717) is 10.8 Å². The van der Waals surface area contributed by atoms with Gasteiger partial charge in [0.15, 0.2) is 11.6 Å². The van der Waals surface area contributed by atoms with Crippen LogP contribution in [0, 0.1) is 17.6 Å². The van der Waals surface area contributed by atoms with E-state index in [4.69, 9.17) is 0 Å². The summed E-state index contributed by atoms with van der Waals surface area (Å²) in [6, 6.07) is 13.2. The molecule has 7 heteroatoms. The van der Waals surface area contributed by atoms with Gasteiger partial charge in [-0.05, 0) is 49.2 Å². The van der Waals surface area contributed by atoms with Crippen LogP contribution in [0.2, 0.25) is 0 Å². The number of hydrogen-bond donors (Lipinski definition) is 2. The monoisotopic (exact) mass is 412 g/mol. The van der Waals surface area contributed by atoms with Crippen molar-refractivity contribution in [2.45, 2.75) is 29.5 Å². The van der Waals surface area contributed by atoms with Gasteiger partial charge in [-0.3, -0.25) is 4.79 Å². The Kier molecular flexibility index (Phi) is 8.07. The van der Waals surface area contributed by atoms with Gasteiger partial charge in [0.25, 0.3) is 0 Å². The number of carbonyl (C=O) groups is 1. The lowest BCUT2D eigenvalue weighted by Crippen LogP contribution is -2.49. The highest BCUT2D eigenvalue weighted by molar-refractivity contribution is 8.00. The van der Waals surface area contributed by atoms with Crippen molar-refractivity contribution >= 4 is 30.1 Å². The van der Waals surface area contributed by atoms with E-state index >= 15 is 0 Å². The second kappa shape index (κ2) is 10.1. The number of amides is 1. The second-order valence-electron chi connectivity index (χ2n) is 6.57. The molecule has 1 amide bonds. The summed E-state index contributed by atoms with van der Waals surface area (Å²) in [6.45, 7) is 3.86. The predicted octanol–water partition coefficient (Wildman–Crippen LogP) is 4.33. The summed E-state index contributed by atoms with van der Waals surface area (Å²) in [4.78, 5) is 13.5. The molecule has 0 radical (unpaired) electrons. The molecule has 27 heavy (non-hydrogen) atoms. The fraction of sp³-hybridized carbons (Fsp3) is 0.350. The second-order valence-corrected chi connectivity index (χ2v) is 7.75. The van der Waals surface area contributed by atoms with Crippen LogP contribution in [0.3, 0.4) is 0 Å². The van der Waals surface area contributed by atoms with Crippen molar-refractivity contribution in [3.8, 4) is 0 Å². The first kappa shape index (κ1) is 21.7. The van der Waals surface area contributed by atoms with Crippen LogP contribution in [0.4, 0.5) is 8.78 Å². The molecule has 0 aliphatic carbocycles. The van der Waals surface area contributed by atoms with E-state index in [2.05, 4.69) is 17.6 Å². The van der Waals surface area contributed by atoms with E-state index in [-0.39, 0.29) is 24.4 Å². The number of hydrogen-bond acceptors (Lipinski definition) is 3. The molecule has 0 bridgehead atoms. The molecule has 0 saturated carbocycles. The normalized spacial score (nSPS) is 20.4. The zero-order valence-corrected chi connectivity index (χ0v) is 16.6. The third-order valence-electron chi connectivity index (χ3n) is 4.60. The van der Waals surface area contributed by atoms with Gasteiger partial charge in [0.2, 0.25) is 5.91 Å². The maximum Gasteiger partial charge on any atom is 0.238 e. The molecule has 1 fully saturated rings. The van der Waals surface area contributed by atoms with Gasteiger partial charge in [-0.25, -0.2) is 8.78 Å². The lowest BCUT2D eigenvalue weighted by Gasteiger charge is -2.31. The molecule has 0 spiro atoms. The highest BCUT2D eigenvalue weighted by atomic mass is 35.5. The number of nitrogens with one attached hydrogen (secondary N) is 2. The van der Waals surface area contributed by atoms with Crippen LogP contribution in [0.15, 0.2) is 53.4 Å². The Hall–Kier alpha value is -1.63. The molecule has 2 N–H and O–H groups in total. The van der Waals surface area contributed by atoms with Gasteiger partial charge in [-0.15, -0.1) is 24.2 Å². The third-order valence-corrected chi connectivity index (χ3v) is 5.85. The van der Waals surface area contributed by atoms with Crippen LogP contribution < -0.4 is 10.6 Å². The summed E-state index contributed by atoms with van der Waals surface area (Å²) in [6.07, 6.45) is 0.879. The molecule has 3 rings (SSSR count). The van der Waals surface area contributed by atoms with Gasteiger partial charge in [0, 0.05) is 10.9 Å². The lowest BCUT2D eigenvalue weighted by atomic mass is 9.95. The fourth-order valence-electron chi connectivity index (χ4n) is 3.07. The summed E-state index contributed by atoms with van der Waals surface area (Å²) in [7, 11) is 0. The van der Waals surface area contributed by atoms with E-state index in [1.807, 2.05) is 30.3 Å². The number of carbonyl (C=O) groups excluding carboxylic acids is 1. The van der Waals surface area contributed by atoms with Crippen molar-refractivity contribution in [2.75, 3.05) is 13.1 Å². The van der Waals surface area contributed by atoms with E-state index in [1.54, 1.807) is 0 Å². The minimum Gasteiger partial charge on any atom is -0.352 e. The Morgan fingerprint density at radius 2 is 1.93 bits per heavy atom. The van der Waals surface area contributed by atoms with Crippen LogP contribution in [0.25, 0.3) is 0 Å². The van der Waals surface area contributed by atoms with E-state index in [9.17, 15) is 13.6 Å². The first-order chi connectivity index (χ1) is 12.5. The van der Waals surface area contributed by atoms with Gasteiger partial charge in [0.1, 0.15) is 5.25 Å². The molecule has 1 aliphatic rings. The molecular weight excluding hydrogens is 390 g/mol. The van der Waals surface area contributed by atoms with Crippen molar-refractivity contribution in [1.29, 1.82) is 0 Å². The van der Waals surface area contributed by atoms with Crippen LogP contribution >= 0.6 is 24.2 Å². The fourth-order valence-corrected chi connectivity index (χ4v) is 4.13. The van der Waals surface area contributed by atoms with Crippen molar-refractivity contribution in [3.05, 3.63) is 65.7 Å². The van der Waals surface area contributed by atoms with Crippen LogP contribution in [-0.4, -0.2) is 25.0 Å². The van der Waals surface area contributed by atoms with E-state index in [1.165, 1.54) is 17.8 Å². The summed E-state index contributed by atoms with van der Waals surface area (Å²) >= 11 is 1.23. The van der Waals surface area contributed by atoms with Gasteiger partial charge < -0.3 is 10.6 Å². The van der Waals surface area contributed by atoms with Crippen LogP contribution in [-0.2, 0) is 4.79 Å². The zero-order valence-electron chi connectivity index (χ0n) is 15.0. The maximum absolute atomic E-state index is 13.6. The molecule has 3 unspecified atom stereocenters. The number of piperidine rings is 1. The third kappa shape index (κ3) is 5.67. The van der Waals surface area contributed by atoms with E-state index in [0.717, 1.165) is 37.2 Å². The van der Waals surface area contributed by atoms with E-state index < -0.39 is 16.9 Å². The van der Waals surface area contributed by atoms with Crippen molar-refractivity contribution in [1.82, 2.24) is 10.6 Å². The molecule has 1 aliphatic heterocycles. The largest absolute Gasteiger partial charge is 0.352 e. The van der Waals surface area contributed by atoms with Gasteiger partial charge in [-0.2, -0.15) is 0 Å². The maximum atomic E-state index is 13.6. The number of halogens is 3. The van der Waals surface area contributed by atoms with Crippen LogP contribution in [0.5, 0.6) is 0 Å². The molecular formula is C20H23ClF2N2OS. The Morgan fingerprint density at radius 3 is 2.59 bits per heavy atom. The first-order valence-corrected chi connectivity index (χ1v) is 9.60. The summed E-state index contributed by atoms with van der Waals surface area (Å²) in [5, 5.41) is 5.94. The lowest BCUT2D eigenvalue weighted by molar-refractivity contribution is -0.121. The van der Waals surface area contributed by atoms with Crippen LogP contribution in [0.1, 0.15) is 24.2 Å². The average molecular weight is 413 g/mol. The predicted molar refractivity (Wildman–Crippen MR) is 107 cm³/mol. The Bertz CT molecular complexity index is 763.